The van der Waals surface area contributed by atoms with E-state index in [4.69, 9.17) is 23.2 Å². The summed E-state index contributed by atoms with van der Waals surface area (Å²) < 4.78 is 1.10. The van der Waals surface area contributed by atoms with Crippen LogP contribution in [0.4, 0.5) is 5.82 Å². The Morgan fingerprint density at radius 3 is 2.46 bits per heavy atom. The Morgan fingerprint density at radius 2 is 1.93 bits per heavy atom. The molecule has 2 amide bonds. The topological polar surface area (TPSA) is 88.9 Å². The van der Waals surface area contributed by atoms with Gasteiger partial charge in [0.25, 0.3) is 11.8 Å². The molecule has 7 nitrogen and oxygen atoms in total. The minimum absolute atomic E-state index is 0.0193. The minimum atomic E-state index is -1.39. The third-order valence-corrected chi connectivity index (χ3v) is 4.65. The molecule has 0 bridgehead atoms. The van der Waals surface area contributed by atoms with Crippen LogP contribution in [0.2, 0.25) is 0 Å². The Labute approximate surface area is 182 Å². The molecule has 0 radical (unpaired) electrons. The summed E-state index contributed by atoms with van der Waals surface area (Å²) in [5, 5.41) is 9.61. The Kier molecular flexibility index (Phi) is 7.12. The summed E-state index contributed by atoms with van der Waals surface area (Å²) in [5.74, 6) is -0.601. The number of anilines is 1. The summed E-state index contributed by atoms with van der Waals surface area (Å²) in [6.45, 7) is 6.94. The van der Waals surface area contributed by atoms with Crippen molar-refractivity contribution < 1.29 is 9.59 Å². The largest absolute Gasteiger partial charge is 0.336 e. The number of halogens is 3. The highest BCUT2D eigenvalue weighted by Gasteiger charge is 2.41. The van der Waals surface area contributed by atoms with Gasteiger partial charge in [-0.2, -0.15) is 5.10 Å². The fraction of sp³-hybridized carbons (Fsp3) is 0.444. The van der Waals surface area contributed by atoms with E-state index in [9.17, 15) is 9.59 Å². The van der Waals surface area contributed by atoms with Crippen LogP contribution < -0.4 is 10.6 Å². The lowest BCUT2D eigenvalue weighted by Crippen LogP contribution is -2.57. The molecule has 0 aliphatic rings. The number of hydrogen-bond donors (Lipinski definition) is 2. The van der Waals surface area contributed by atoms with Gasteiger partial charge in [0.05, 0.1) is 0 Å². The van der Waals surface area contributed by atoms with Crippen LogP contribution >= 0.6 is 39.1 Å². The molecule has 0 aliphatic carbocycles. The summed E-state index contributed by atoms with van der Waals surface area (Å²) in [4.78, 5) is 30.0. The van der Waals surface area contributed by atoms with E-state index in [1.54, 1.807) is 42.9 Å². The maximum absolute atomic E-state index is 13.0. The average Bonchev–Trinajstić information content (AvgIpc) is 3.05. The summed E-state index contributed by atoms with van der Waals surface area (Å²) in [7, 11) is 0. The molecule has 2 N–H and O–H groups in total. The molecule has 1 unspecified atom stereocenters. The molecule has 0 fully saturated rings. The first kappa shape index (κ1) is 22.6. The van der Waals surface area contributed by atoms with Gasteiger partial charge in [0, 0.05) is 29.3 Å². The number of nitrogens with one attached hydrogen (secondary N) is 2. The standard InChI is InChI=1S/C18H22BrCl2N5O2/c1-11(2)26-13(7-8-23-26)15(27)25-17(3,10-18(4,20)21)16(28)24-14-6-5-12(19)9-22-14/h5-9,11H,10H2,1-4H3,(H,25,27)(H,22,24,28). The van der Waals surface area contributed by atoms with Crippen LogP contribution in [0, 0.1) is 0 Å². The molecule has 0 aliphatic heterocycles. The van der Waals surface area contributed by atoms with Gasteiger partial charge in [0.1, 0.15) is 21.4 Å². The second kappa shape index (κ2) is 8.80. The number of amides is 2. The molecule has 2 rings (SSSR count). The third-order valence-electron chi connectivity index (χ3n) is 3.92. The number of carbonyl (C=O) groups excluding carboxylic acids is 2. The predicted molar refractivity (Wildman–Crippen MR) is 114 cm³/mol. The molecule has 28 heavy (non-hydrogen) atoms. The van der Waals surface area contributed by atoms with Gasteiger partial charge >= 0.3 is 0 Å². The van der Waals surface area contributed by atoms with Crippen LogP contribution in [0.25, 0.3) is 0 Å². The molecule has 2 aromatic rings. The van der Waals surface area contributed by atoms with Gasteiger partial charge in [-0.05, 0) is 61.8 Å². The van der Waals surface area contributed by atoms with Crippen molar-refractivity contribution in [2.45, 2.75) is 50.0 Å². The van der Waals surface area contributed by atoms with Gasteiger partial charge < -0.3 is 10.6 Å². The average molecular weight is 491 g/mol. The van der Waals surface area contributed by atoms with Gasteiger partial charge in [0.2, 0.25) is 0 Å². The van der Waals surface area contributed by atoms with Crippen LogP contribution in [0.3, 0.4) is 0 Å². The summed E-state index contributed by atoms with van der Waals surface area (Å²) in [6, 6.07) is 4.95. The van der Waals surface area contributed by atoms with E-state index < -0.39 is 21.7 Å². The molecule has 0 saturated heterocycles. The number of carbonyl (C=O) groups is 2. The Bertz CT molecular complexity index is 848. The maximum Gasteiger partial charge on any atom is 0.270 e. The number of nitrogens with zero attached hydrogens (tertiary/aromatic N) is 3. The van der Waals surface area contributed by atoms with Gasteiger partial charge in [-0.15, -0.1) is 23.2 Å². The fourth-order valence-electron chi connectivity index (χ4n) is 2.73. The molecule has 0 saturated carbocycles. The monoisotopic (exact) mass is 489 g/mol. The zero-order valence-corrected chi connectivity index (χ0v) is 19.1. The van der Waals surface area contributed by atoms with Crippen LogP contribution in [0.5, 0.6) is 0 Å². The number of hydrogen-bond acceptors (Lipinski definition) is 4. The predicted octanol–water partition coefficient (Wildman–Crippen LogP) is 4.33. The number of aromatic nitrogens is 3. The number of pyridine rings is 1. The van der Waals surface area contributed by atoms with E-state index in [0.29, 0.717) is 11.5 Å². The first-order chi connectivity index (χ1) is 12.9. The highest BCUT2D eigenvalue weighted by molar-refractivity contribution is 9.10. The fourth-order valence-corrected chi connectivity index (χ4v) is 3.50. The molecule has 2 aromatic heterocycles. The second-order valence-electron chi connectivity index (χ2n) is 7.10. The minimum Gasteiger partial charge on any atom is -0.336 e. The van der Waals surface area contributed by atoms with Crippen molar-refractivity contribution >= 4 is 56.8 Å². The molecule has 0 aromatic carbocycles. The van der Waals surface area contributed by atoms with E-state index in [1.807, 2.05) is 13.8 Å². The normalized spacial score (nSPS) is 13.9. The van der Waals surface area contributed by atoms with E-state index in [2.05, 4.69) is 36.6 Å². The molecule has 0 spiro atoms. The van der Waals surface area contributed by atoms with Crippen molar-refractivity contribution in [2.24, 2.45) is 0 Å². The molecule has 2 heterocycles. The quantitative estimate of drug-likeness (QED) is 0.565. The smallest absolute Gasteiger partial charge is 0.270 e. The zero-order valence-electron chi connectivity index (χ0n) is 16.0. The van der Waals surface area contributed by atoms with E-state index in [0.717, 1.165) is 4.47 Å². The van der Waals surface area contributed by atoms with Gasteiger partial charge in [-0.25, -0.2) is 4.98 Å². The van der Waals surface area contributed by atoms with E-state index >= 15 is 0 Å². The van der Waals surface area contributed by atoms with Crippen LogP contribution in [0.15, 0.2) is 35.1 Å². The molecule has 10 heteroatoms. The second-order valence-corrected chi connectivity index (χ2v) is 9.88. The molecular weight excluding hydrogens is 469 g/mol. The highest BCUT2D eigenvalue weighted by Crippen LogP contribution is 2.31. The Hall–Kier alpha value is -1.64. The first-order valence-corrected chi connectivity index (χ1v) is 10.1. The molecule has 152 valence electrons. The Balaban J connectivity index is 2.28. The van der Waals surface area contributed by atoms with E-state index in [1.165, 1.54) is 6.20 Å². The van der Waals surface area contributed by atoms with Crippen molar-refractivity contribution in [2.75, 3.05) is 5.32 Å². The van der Waals surface area contributed by atoms with Crippen LogP contribution in [0.1, 0.15) is 50.6 Å². The van der Waals surface area contributed by atoms with Crippen molar-refractivity contribution in [3.63, 3.8) is 0 Å². The van der Waals surface area contributed by atoms with Crippen LogP contribution in [-0.4, -0.2) is 36.5 Å². The highest BCUT2D eigenvalue weighted by atomic mass is 79.9. The van der Waals surface area contributed by atoms with E-state index in [-0.39, 0.29) is 12.5 Å². The zero-order chi connectivity index (χ0) is 21.1. The summed E-state index contributed by atoms with van der Waals surface area (Å²) in [6.07, 6.45) is 3.07. The van der Waals surface area contributed by atoms with Gasteiger partial charge in [-0.1, -0.05) is 0 Å². The lowest BCUT2D eigenvalue weighted by Gasteiger charge is -2.33. The van der Waals surface area contributed by atoms with Crippen molar-refractivity contribution in [3.8, 4) is 0 Å². The SMILES string of the molecule is CC(C)n1nccc1C(=O)NC(C)(CC(C)(Cl)Cl)C(=O)Nc1ccc(Br)cn1. The van der Waals surface area contributed by atoms with Gasteiger partial charge in [-0.3, -0.25) is 14.3 Å². The van der Waals surface area contributed by atoms with Crippen molar-refractivity contribution in [1.29, 1.82) is 0 Å². The van der Waals surface area contributed by atoms with Crippen molar-refractivity contribution in [3.05, 3.63) is 40.8 Å². The maximum atomic E-state index is 13.0. The number of alkyl halides is 2. The third kappa shape index (κ3) is 5.93. The molecular formula is C18H22BrCl2N5O2. The number of rotatable bonds is 7. The van der Waals surface area contributed by atoms with Crippen molar-refractivity contribution in [1.82, 2.24) is 20.1 Å². The first-order valence-electron chi connectivity index (χ1n) is 8.58. The summed E-state index contributed by atoms with van der Waals surface area (Å²) in [5.41, 5.74) is -1.06. The van der Waals surface area contributed by atoms with Gasteiger partial charge in [0.15, 0.2) is 0 Å². The van der Waals surface area contributed by atoms with Crippen LogP contribution in [-0.2, 0) is 4.79 Å². The lowest BCUT2D eigenvalue weighted by atomic mass is 9.94. The lowest BCUT2D eigenvalue weighted by molar-refractivity contribution is -0.121. The summed E-state index contributed by atoms with van der Waals surface area (Å²) >= 11 is 15.6. The molecule has 1 atom stereocenters. The Morgan fingerprint density at radius 1 is 1.25 bits per heavy atom.